The summed E-state index contributed by atoms with van der Waals surface area (Å²) in [5, 5.41) is 11.7. The molecule has 1 aromatic heterocycles. The normalized spacial score (nSPS) is 12.5. The lowest BCUT2D eigenvalue weighted by Crippen LogP contribution is -2.00. The van der Waals surface area contributed by atoms with Gasteiger partial charge in [0.2, 0.25) is 0 Å². The van der Waals surface area contributed by atoms with E-state index >= 15 is 0 Å². The molecule has 4 nitrogen and oxygen atoms in total. The van der Waals surface area contributed by atoms with Crippen molar-refractivity contribution in [3.8, 4) is 5.75 Å². The molecule has 0 amide bonds. The van der Waals surface area contributed by atoms with Gasteiger partial charge in [-0.15, -0.1) is 0 Å². The van der Waals surface area contributed by atoms with Crippen LogP contribution in [0.2, 0.25) is 5.02 Å². The summed E-state index contributed by atoms with van der Waals surface area (Å²) in [5.74, 6) is 1.29. The second kappa shape index (κ2) is 6.60. The third kappa shape index (κ3) is 3.38. The van der Waals surface area contributed by atoms with E-state index in [1.54, 1.807) is 7.11 Å². The summed E-state index contributed by atoms with van der Waals surface area (Å²) in [6.07, 6.45) is -0.562. The van der Waals surface area contributed by atoms with Gasteiger partial charge in [-0.1, -0.05) is 35.5 Å². The van der Waals surface area contributed by atoms with E-state index in [4.69, 9.17) is 16.3 Å². The van der Waals surface area contributed by atoms with Crippen LogP contribution < -0.4 is 4.74 Å². The van der Waals surface area contributed by atoms with Gasteiger partial charge in [-0.25, -0.2) is 4.98 Å². The van der Waals surface area contributed by atoms with Crippen molar-refractivity contribution in [3.05, 3.63) is 53.1 Å². The van der Waals surface area contributed by atoms with Gasteiger partial charge < -0.3 is 14.8 Å². The first-order chi connectivity index (χ1) is 10.7. The van der Waals surface area contributed by atoms with Gasteiger partial charge in [-0.2, -0.15) is 0 Å². The molecule has 0 aliphatic heterocycles. The van der Waals surface area contributed by atoms with Crippen molar-refractivity contribution in [3.63, 3.8) is 0 Å². The van der Waals surface area contributed by atoms with E-state index in [-0.39, 0.29) is 0 Å². The number of halogens is 1. The predicted molar refractivity (Wildman–Crippen MR) is 89.8 cm³/mol. The van der Waals surface area contributed by atoms with Crippen LogP contribution in [-0.2, 0) is 0 Å². The maximum atomic E-state index is 10.2. The molecule has 0 radical (unpaired) electrons. The number of aliphatic hydroxyl groups is 1. The number of benzene rings is 2. The van der Waals surface area contributed by atoms with Crippen LogP contribution in [0, 0.1) is 0 Å². The summed E-state index contributed by atoms with van der Waals surface area (Å²) >= 11 is 7.43. The standard InChI is InChI=1S/C16H15ClN2O2S/c1-21-12-5-2-10(3-6-12)15(20)9-22-16-18-13-7-4-11(17)8-14(13)19-16/h2-8,15,20H,9H2,1H3,(H,18,19)/t15-/m0/s1. The molecule has 2 N–H and O–H groups in total. The van der Waals surface area contributed by atoms with E-state index in [0.717, 1.165) is 27.5 Å². The molecule has 0 fully saturated rings. The number of aromatic nitrogens is 2. The molecule has 0 unspecified atom stereocenters. The number of rotatable bonds is 5. The lowest BCUT2D eigenvalue weighted by Gasteiger charge is -2.10. The number of aromatic amines is 1. The largest absolute Gasteiger partial charge is 0.497 e. The third-order valence-electron chi connectivity index (χ3n) is 3.30. The molecule has 22 heavy (non-hydrogen) atoms. The van der Waals surface area contributed by atoms with Crippen LogP contribution in [0.3, 0.4) is 0 Å². The highest BCUT2D eigenvalue weighted by Crippen LogP contribution is 2.26. The van der Waals surface area contributed by atoms with Gasteiger partial charge in [-0.05, 0) is 35.9 Å². The van der Waals surface area contributed by atoms with Crippen LogP contribution in [0.5, 0.6) is 5.75 Å². The van der Waals surface area contributed by atoms with Gasteiger partial charge in [0.05, 0.1) is 24.2 Å². The molecule has 3 aromatic rings. The molecule has 0 aliphatic rings. The van der Waals surface area contributed by atoms with E-state index in [1.165, 1.54) is 11.8 Å². The van der Waals surface area contributed by atoms with E-state index in [9.17, 15) is 5.11 Å². The molecule has 3 rings (SSSR count). The zero-order chi connectivity index (χ0) is 15.5. The van der Waals surface area contributed by atoms with Crippen molar-refractivity contribution < 1.29 is 9.84 Å². The van der Waals surface area contributed by atoms with Crippen molar-refractivity contribution in [2.45, 2.75) is 11.3 Å². The van der Waals surface area contributed by atoms with Crippen LogP contribution in [0.4, 0.5) is 0 Å². The second-order valence-electron chi connectivity index (χ2n) is 4.80. The summed E-state index contributed by atoms with van der Waals surface area (Å²) < 4.78 is 5.11. The number of nitrogens with one attached hydrogen (secondary N) is 1. The Hall–Kier alpha value is -1.69. The summed E-state index contributed by atoms with van der Waals surface area (Å²) in [7, 11) is 1.62. The molecule has 2 aromatic carbocycles. The fourth-order valence-corrected chi connectivity index (χ4v) is 3.13. The maximum Gasteiger partial charge on any atom is 0.166 e. The average Bonchev–Trinajstić information content (AvgIpc) is 2.94. The first kappa shape index (κ1) is 15.2. The number of imidazole rings is 1. The number of hydrogen-bond donors (Lipinski definition) is 2. The van der Waals surface area contributed by atoms with Gasteiger partial charge in [0, 0.05) is 10.8 Å². The van der Waals surface area contributed by atoms with Crippen molar-refractivity contribution in [1.82, 2.24) is 9.97 Å². The van der Waals surface area contributed by atoms with Crippen LogP contribution in [0.15, 0.2) is 47.6 Å². The Balaban J connectivity index is 1.67. The fraction of sp³-hybridized carbons (Fsp3) is 0.188. The Morgan fingerprint density at radius 1 is 1.27 bits per heavy atom. The highest BCUT2D eigenvalue weighted by atomic mass is 35.5. The number of hydrogen-bond acceptors (Lipinski definition) is 4. The van der Waals surface area contributed by atoms with Gasteiger partial charge in [0.1, 0.15) is 5.75 Å². The Bertz CT molecular complexity index is 773. The van der Waals surface area contributed by atoms with Gasteiger partial charge in [0.15, 0.2) is 5.16 Å². The third-order valence-corrected chi connectivity index (χ3v) is 4.48. The zero-order valence-electron chi connectivity index (χ0n) is 11.9. The molecular formula is C16H15ClN2O2S. The number of H-pyrrole nitrogens is 1. The number of methoxy groups -OCH3 is 1. The van der Waals surface area contributed by atoms with Crippen LogP contribution in [-0.4, -0.2) is 27.9 Å². The van der Waals surface area contributed by atoms with E-state index in [1.807, 2.05) is 42.5 Å². The molecule has 0 aliphatic carbocycles. The average molecular weight is 335 g/mol. The molecule has 6 heteroatoms. The minimum absolute atomic E-state index is 0.514. The van der Waals surface area contributed by atoms with Crippen LogP contribution >= 0.6 is 23.4 Å². The summed E-state index contributed by atoms with van der Waals surface area (Å²) in [5.41, 5.74) is 2.62. The first-order valence-corrected chi connectivity index (χ1v) is 8.12. The van der Waals surface area contributed by atoms with E-state index in [0.29, 0.717) is 10.8 Å². The number of fused-ring (bicyclic) bond motifs is 1. The molecule has 1 atom stereocenters. The van der Waals surface area contributed by atoms with Crippen molar-refractivity contribution in [2.24, 2.45) is 0 Å². The quantitative estimate of drug-likeness (QED) is 0.691. The molecule has 1 heterocycles. The SMILES string of the molecule is COc1ccc([C@@H](O)CSc2nc3ccc(Cl)cc3[nH]2)cc1. The summed E-state index contributed by atoms with van der Waals surface area (Å²) in [6, 6.07) is 12.9. The minimum atomic E-state index is -0.562. The highest BCUT2D eigenvalue weighted by molar-refractivity contribution is 7.99. The number of aliphatic hydroxyl groups excluding tert-OH is 1. The van der Waals surface area contributed by atoms with E-state index in [2.05, 4.69) is 9.97 Å². The monoisotopic (exact) mass is 334 g/mol. The first-order valence-electron chi connectivity index (χ1n) is 6.76. The topological polar surface area (TPSA) is 58.1 Å². The number of thioether (sulfide) groups is 1. The lowest BCUT2D eigenvalue weighted by atomic mass is 10.1. The van der Waals surface area contributed by atoms with Gasteiger partial charge in [0.25, 0.3) is 0 Å². The lowest BCUT2D eigenvalue weighted by molar-refractivity contribution is 0.204. The van der Waals surface area contributed by atoms with Crippen LogP contribution in [0.1, 0.15) is 11.7 Å². The fourth-order valence-electron chi connectivity index (χ4n) is 2.11. The molecule has 0 saturated carbocycles. The van der Waals surface area contributed by atoms with E-state index < -0.39 is 6.10 Å². The Morgan fingerprint density at radius 2 is 2.05 bits per heavy atom. The maximum absolute atomic E-state index is 10.2. The Morgan fingerprint density at radius 3 is 2.77 bits per heavy atom. The van der Waals surface area contributed by atoms with Crippen LogP contribution in [0.25, 0.3) is 11.0 Å². The summed E-state index contributed by atoms with van der Waals surface area (Å²) in [6.45, 7) is 0. The smallest absolute Gasteiger partial charge is 0.166 e. The molecule has 0 spiro atoms. The molecular weight excluding hydrogens is 320 g/mol. The molecule has 0 saturated heterocycles. The van der Waals surface area contributed by atoms with Crippen molar-refractivity contribution in [1.29, 1.82) is 0 Å². The number of nitrogens with zero attached hydrogens (tertiary/aromatic N) is 1. The minimum Gasteiger partial charge on any atom is -0.497 e. The number of ether oxygens (including phenoxy) is 1. The zero-order valence-corrected chi connectivity index (χ0v) is 13.5. The van der Waals surface area contributed by atoms with Gasteiger partial charge in [-0.3, -0.25) is 0 Å². The molecule has 114 valence electrons. The Kier molecular flexibility index (Phi) is 4.57. The van der Waals surface area contributed by atoms with Gasteiger partial charge >= 0.3 is 0 Å². The second-order valence-corrected chi connectivity index (χ2v) is 6.25. The molecule has 0 bridgehead atoms. The summed E-state index contributed by atoms with van der Waals surface area (Å²) in [4.78, 5) is 7.66. The Labute approximate surface area is 137 Å². The van der Waals surface area contributed by atoms with Crippen molar-refractivity contribution in [2.75, 3.05) is 12.9 Å². The predicted octanol–water partition coefficient (Wildman–Crippen LogP) is 4.05. The van der Waals surface area contributed by atoms with Crippen molar-refractivity contribution >= 4 is 34.4 Å². The highest BCUT2D eigenvalue weighted by Gasteiger charge is 2.11.